The summed E-state index contributed by atoms with van der Waals surface area (Å²) < 4.78 is 5.99. The summed E-state index contributed by atoms with van der Waals surface area (Å²) in [5, 5.41) is 0.764. The number of carbonyl (C=O) groups excluding carboxylic acids is 2. The number of para-hydroxylation sites is 1. The van der Waals surface area contributed by atoms with Gasteiger partial charge in [0.25, 0.3) is 0 Å². The Kier molecular flexibility index (Phi) is 2.48. The number of Topliss-reactive ketones (excluding diaryl/α,β-unsaturated/α-hetero) is 1. The van der Waals surface area contributed by atoms with Gasteiger partial charge in [0.2, 0.25) is 0 Å². The van der Waals surface area contributed by atoms with Crippen molar-refractivity contribution in [3.8, 4) is 0 Å². The first-order valence-electron chi connectivity index (χ1n) is 4.84. The molecule has 4 heteroatoms. The second kappa shape index (κ2) is 3.81. The molecule has 16 heavy (non-hydrogen) atoms. The monoisotopic (exact) mass is 217 g/mol. The SMILES string of the molecule is COC(=O)n1cc(C(C)=O)c2ccccc21. The van der Waals surface area contributed by atoms with Crippen LogP contribution in [0.5, 0.6) is 0 Å². The number of fused-ring (bicyclic) bond motifs is 1. The van der Waals surface area contributed by atoms with Gasteiger partial charge in [0.1, 0.15) is 0 Å². The highest BCUT2D eigenvalue weighted by Crippen LogP contribution is 2.21. The summed E-state index contributed by atoms with van der Waals surface area (Å²) in [5.41, 5.74) is 1.21. The van der Waals surface area contributed by atoms with Gasteiger partial charge in [-0.3, -0.25) is 9.36 Å². The van der Waals surface area contributed by atoms with Crippen LogP contribution >= 0.6 is 0 Å². The summed E-state index contributed by atoms with van der Waals surface area (Å²) >= 11 is 0. The Bertz CT molecular complexity index is 569. The van der Waals surface area contributed by atoms with Crippen LogP contribution in [0.25, 0.3) is 10.9 Å². The fraction of sp³-hybridized carbons (Fsp3) is 0.167. The number of rotatable bonds is 1. The van der Waals surface area contributed by atoms with Crippen LogP contribution in [0, 0.1) is 0 Å². The molecule has 0 radical (unpaired) electrons. The van der Waals surface area contributed by atoms with Gasteiger partial charge in [0.05, 0.1) is 12.6 Å². The molecular formula is C12H11NO3. The number of hydrogen-bond acceptors (Lipinski definition) is 3. The Hall–Kier alpha value is -2.10. The van der Waals surface area contributed by atoms with Crippen LogP contribution in [0.15, 0.2) is 30.5 Å². The lowest BCUT2D eigenvalue weighted by Crippen LogP contribution is -2.09. The summed E-state index contributed by atoms with van der Waals surface area (Å²) in [4.78, 5) is 22.9. The molecule has 2 rings (SSSR count). The Morgan fingerprint density at radius 3 is 2.56 bits per heavy atom. The number of nitrogens with zero attached hydrogens (tertiary/aromatic N) is 1. The van der Waals surface area contributed by atoms with Crippen molar-refractivity contribution in [1.82, 2.24) is 4.57 Å². The molecule has 1 aromatic carbocycles. The molecule has 0 atom stereocenters. The van der Waals surface area contributed by atoms with Crippen LogP contribution in [-0.2, 0) is 4.74 Å². The van der Waals surface area contributed by atoms with Gasteiger partial charge < -0.3 is 4.74 Å². The number of aromatic nitrogens is 1. The maximum atomic E-state index is 11.5. The van der Waals surface area contributed by atoms with E-state index < -0.39 is 6.09 Å². The molecule has 1 aromatic heterocycles. The highest BCUT2D eigenvalue weighted by atomic mass is 16.5. The Morgan fingerprint density at radius 2 is 1.94 bits per heavy atom. The van der Waals surface area contributed by atoms with E-state index in [1.807, 2.05) is 18.2 Å². The minimum absolute atomic E-state index is 0.0705. The molecule has 0 fully saturated rings. The van der Waals surface area contributed by atoms with Crippen LogP contribution in [0.2, 0.25) is 0 Å². The first kappa shape index (κ1) is 10.4. The normalized spacial score (nSPS) is 10.4. The summed E-state index contributed by atoms with van der Waals surface area (Å²) in [5.74, 6) is -0.0705. The van der Waals surface area contributed by atoms with E-state index in [0.29, 0.717) is 11.1 Å². The predicted molar refractivity (Wildman–Crippen MR) is 59.7 cm³/mol. The summed E-state index contributed by atoms with van der Waals surface area (Å²) in [7, 11) is 1.31. The van der Waals surface area contributed by atoms with E-state index in [1.54, 1.807) is 6.07 Å². The van der Waals surface area contributed by atoms with E-state index >= 15 is 0 Å². The Morgan fingerprint density at radius 1 is 1.25 bits per heavy atom. The fourth-order valence-electron chi connectivity index (χ4n) is 1.71. The van der Waals surface area contributed by atoms with Crippen LogP contribution in [0.3, 0.4) is 0 Å². The molecule has 0 aliphatic rings. The minimum atomic E-state index is -0.497. The van der Waals surface area contributed by atoms with Gasteiger partial charge in [-0.1, -0.05) is 18.2 Å². The van der Waals surface area contributed by atoms with E-state index in [0.717, 1.165) is 5.39 Å². The van der Waals surface area contributed by atoms with Crippen molar-refractivity contribution < 1.29 is 14.3 Å². The van der Waals surface area contributed by atoms with E-state index in [1.165, 1.54) is 24.8 Å². The molecule has 2 aromatic rings. The zero-order valence-electron chi connectivity index (χ0n) is 9.06. The zero-order chi connectivity index (χ0) is 11.7. The molecule has 0 saturated heterocycles. The molecule has 82 valence electrons. The second-order valence-electron chi connectivity index (χ2n) is 3.46. The molecule has 0 aliphatic carbocycles. The van der Waals surface area contributed by atoms with Crippen molar-refractivity contribution in [3.63, 3.8) is 0 Å². The van der Waals surface area contributed by atoms with Gasteiger partial charge in [-0.2, -0.15) is 0 Å². The van der Waals surface area contributed by atoms with Gasteiger partial charge in [-0.05, 0) is 13.0 Å². The minimum Gasteiger partial charge on any atom is -0.452 e. The number of ketones is 1. The highest BCUT2D eigenvalue weighted by molar-refractivity contribution is 6.08. The summed E-state index contributed by atoms with van der Waals surface area (Å²) in [6.45, 7) is 1.48. The Labute approximate surface area is 92.4 Å². The third kappa shape index (κ3) is 1.48. The van der Waals surface area contributed by atoms with Crippen molar-refractivity contribution in [2.45, 2.75) is 6.92 Å². The molecule has 0 bridgehead atoms. The van der Waals surface area contributed by atoms with Crippen molar-refractivity contribution in [3.05, 3.63) is 36.0 Å². The van der Waals surface area contributed by atoms with Crippen LogP contribution in [0.4, 0.5) is 4.79 Å². The number of carbonyl (C=O) groups is 2. The number of hydrogen-bond donors (Lipinski definition) is 0. The quantitative estimate of drug-likeness (QED) is 0.689. The van der Waals surface area contributed by atoms with E-state index in [9.17, 15) is 9.59 Å². The molecule has 0 N–H and O–H groups in total. The lowest BCUT2D eigenvalue weighted by Gasteiger charge is -2.00. The molecule has 0 saturated carbocycles. The number of ether oxygens (including phenoxy) is 1. The zero-order valence-corrected chi connectivity index (χ0v) is 9.06. The second-order valence-corrected chi connectivity index (χ2v) is 3.46. The Balaban J connectivity index is 2.76. The van der Waals surface area contributed by atoms with Crippen molar-refractivity contribution >= 4 is 22.8 Å². The largest absolute Gasteiger partial charge is 0.452 e. The van der Waals surface area contributed by atoms with Crippen molar-refractivity contribution in [1.29, 1.82) is 0 Å². The highest BCUT2D eigenvalue weighted by Gasteiger charge is 2.15. The van der Waals surface area contributed by atoms with Gasteiger partial charge in [0.15, 0.2) is 5.78 Å². The summed E-state index contributed by atoms with van der Waals surface area (Å²) in [6.07, 6.45) is 1.02. The first-order valence-corrected chi connectivity index (χ1v) is 4.84. The fourth-order valence-corrected chi connectivity index (χ4v) is 1.71. The van der Waals surface area contributed by atoms with Crippen molar-refractivity contribution in [2.75, 3.05) is 7.11 Å². The molecule has 0 amide bonds. The maximum Gasteiger partial charge on any atom is 0.418 e. The van der Waals surface area contributed by atoms with Crippen LogP contribution < -0.4 is 0 Å². The molecule has 0 aliphatic heterocycles. The lowest BCUT2D eigenvalue weighted by molar-refractivity contribution is 0.101. The van der Waals surface area contributed by atoms with E-state index in [4.69, 9.17) is 0 Å². The molecule has 0 spiro atoms. The first-order chi connectivity index (χ1) is 7.65. The van der Waals surface area contributed by atoms with Crippen molar-refractivity contribution in [2.24, 2.45) is 0 Å². The standard InChI is InChI=1S/C12H11NO3/c1-8(14)10-7-13(12(15)16-2)11-6-4-3-5-9(10)11/h3-7H,1-2H3. The van der Waals surface area contributed by atoms with E-state index in [2.05, 4.69) is 4.74 Å². The number of methoxy groups -OCH3 is 1. The predicted octanol–water partition coefficient (Wildman–Crippen LogP) is 2.46. The lowest BCUT2D eigenvalue weighted by atomic mass is 10.1. The molecule has 4 nitrogen and oxygen atoms in total. The van der Waals surface area contributed by atoms with Crippen LogP contribution in [-0.4, -0.2) is 23.6 Å². The van der Waals surface area contributed by atoms with Gasteiger partial charge in [0, 0.05) is 17.1 Å². The molecular weight excluding hydrogens is 206 g/mol. The maximum absolute atomic E-state index is 11.5. The van der Waals surface area contributed by atoms with Gasteiger partial charge in [-0.15, -0.1) is 0 Å². The number of benzene rings is 1. The van der Waals surface area contributed by atoms with E-state index in [-0.39, 0.29) is 5.78 Å². The average Bonchev–Trinajstić information content (AvgIpc) is 2.67. The summed E-state index contributed by atoms with van der Waals surface area (Å²) in [6, 6.07) is 7.23. The molecule has 1 heterocycles. The molecule has 0 unspecified atom stereocenters. The average molecular weight is 217 g/mol. The van der Waals surface area contributed by atoms with Crippen LogP contribution in [0.1, 0.15) is 17.3 Å². The third-order valence-electron chi connectivity index (χ3n) is 2.46. The van der Waals surface area contributed by atoms with Gasteiger partial charge in [-0.25, -0.2) is 4.79 Å². The third-order valence-corrected chi connectivity index (χ3v) is 2.46. The smallest absolute Gasteiger partial charge is 0.418 e. The topological polar surface area (TPSA) is 48.3 Å². The van der Waals surface area contributed by atoms with Gasteiger partial charge >= 0.3 is 6.09 Å².